The molecule has 0 saturated carbocycles. The molecule has 138 valence electrons. The second-order valence-corrected chi connectivity index (χ2v) is 4.13. The van der Waals surface area contributed by atoms with Crippen molar-refractivity contribution in [2.24, 2.45) is 0 Å². The number of aliphatic carboxylic acids is 3. The first-order chi connectivity index (χ1) is 10.9. The number of pyridine rings is 1. The van der Waals surface area contributed by atoms with E-state index in [4.69, 9.17) is 45.6 Å². The molecule has 0 atom stereocenters. The number of nitrogens with zero attached hydrogens (tertiary/aromatic N) is 1. The number of aryl methyl sites for hydroxylation is 1. The number of hydrogen-bond donors (Lipinski definition) is 6. The van der Waals surface area contributed by atoms with Gasteiger partial charge in [-0.2, -0.15) is 0 Å². The van der Waals surface area contributed by atoms with Crippen LogP contribution in [-0.2, 0) is 27.6 Å². The first kappa shape index (κ1) is 26.2. The Morgan fingerprint density at radius 3 is 1.54 bits per heavy atom. The van der Waals surface area contributed by atoms with E-state index in [1.54, 1.807) is 6.92 Å². The summed E-state index contributed by atoms with van der Waals surface area (Å²) in [5.74, 6) is -2.50. The summed E-state index contributed by atoms with van der Waals surface area (Å²) in [4.78, 5) is 31.0. The second-order valence-electron chi connectivity index (χ2n) is 4.13. The summed E-state index contributed by atoms with van der Waals surface area (Å²) in [5, 5.41) is 40.0. The number of hydrogen-bond acceptors (Lipinski definition) is 7. The summed E-state index contributed by atoms with van der Waals surface area (Å²) < 4.78 is 0. The van der Waals surface area contributed by atoms with Crippen LogP contribution >= 0.6 is 0 Å². The van der Waals surface area contributed by atoms with Gasteiger partial charge in [0.25, 0.3) is 17.9 Å². The van der Waals surface area contributed by atoms with E-state index in [9.17, 15) is 0 Å². The number of carboxylic acids is 3. The van der Waals surface area contributed by atoms with Crippen molar-refractivity contribution in [3.63, 3.8) is 0 Å². The quantitative estimate of drug-likeness (QED) is 0.431. The molecule has 0 aliphatic rings. The largest absolute Gasteiger partial charge is 0.481 e. The SMILES string of the molecule is CC(=O)O.CC(=O)O.CC(=O)O.Cc1ncc(CO)c(CO)c1N. The molecule has 1 heterocycles. The Bertz CT molecular complexity index is 491. The molecule has 0 aliphatic carbocycles. The molecule has 0 fully saturated rings. The van der Waals surface area contributed by atoms with Crippen LogP contribution in [0.5, 0.6) is 0 Å². The lowest BCUT2D eigenvalue weighted by molar-refractivity contribution is -0.135. The van der Waals surface area contributed by atoms with Crippen molar-refractivity contribution in [1.29, 1.82) is 0 Å². The molecule has 0 aromatic carbocycles. The van der Waals surface area contributed by atoms with Gasteiger partial charge in [0.15, 0.2) is 0 Å². The Morgan fingerprint density at radius 2 is 1.29 bits per heavy atom. The van der Waals surface area contributed by atoms with Gasteiger partial charge in [-0.05, 0) is 6.92 Å². The summed E-state index contributed by atoms with van der Waals surface area (Å²) in [5.41, 5.74) is 7.93. The van der Waals surface area contributed by atoms with Crippen molar-refractivity contribution in [3.05, 3.63) is 23.0 Å². The van der Waals surface area contributed by atoms with Crippen molar-refractivity contribution >= 4 is 23.6 Å². The number of nitrogens with two attached hydrogens (primary N) is 1. The first-order valence-electron chi connectivity index (χ1n) is 6.43. The zero-order chi connectivity index (χ0) is 19.9. The fraction of sp³-hybridized carbons (Fsp3) is 0.429. The molecule has 0 unspecified atom stereocenters. The van der Waals surface area contributed by atoms with Crippen molar-refractivity contribution < 1.29 is 39.9 Å². The number of aliphatic hydroxyl groups excluding tert-OH is 2. The fourth-order valence-corrected chi connectivity index (χ4v) is 1.04. The maximum Gasteiger partial charge on any atom is 0.300 e. The van der Waals surface area contributed by atoms with E-state index in [1.807, 2.05) is 0 Å². The molecule has 0 bridgehead atoms. The lowest BCUT2D eigenvalue weighted by Gasteiger charge is -2.09. The molecule has 0 radical (unpaired) electrons. The monoisotopic (exact) mass is 348 g/mol. The Balaban J connectivity index is -0.000000304. The molecule has 1 aromatic heterocycles. The van der Waals surface area contributed by atoms with Gasteiger partial charge >= 0.3 is 0 Å². The number of carbonyl (C=O) groups is 3. The molecule has 0 spiro atoms. The lowest BCUT2D eigenvalue weighted by Crippen LogP contribution is -2.04. The van der Waals surface area contributed by atoms with Gasteiger partial charge < -0.3 is 31.3 Å². The zero-order valence-corrected chi connectivity index (χ0v) is 14.0. The van der Waals surface area contributed by atoms with Crippen molar-refractivity contribution in [1.82, 2.24) is 4.98 Å². The number of anilines is 1. The van der Waals surface area contributed by atoms with E-state index < -0.39 is 17.9 Å². The normalized spacial score (nSPS) is 8.25. The van der Waals surface area contributed by atoms with Gasteiger partial charge in [-0.3, -0.25) is 19.4 Å². The standard InChI is InChI=1S/C8H12N2O2.3C2H4O2/c1-5-8(9)7(4-12)6(3-11)2-10-5;3*1-2(3)4/h2,11-12H,3-4,9H2,1H3;3*1H3,(H,3,4). The predicted molar refractivity (Wildman–Crippen MR) is 85.2 cm³/mol. The van der Waals surface area contributed by atoms with Crippen LogP contribution in [0.3, 0.4) is 0 Å². The minimum Gasteiger partial charge on any atom is -0.481 e. The number of aromatic nitrogens is 1. The Morgan fingerprint density at radius 1 is 0.958 bits per heavy atom. The van der Waals surface area contributed by atoms with Crippen LogP contribution in [0, 0.1) is 6.92 Å². The van der Waals surface area contributed by atoms with Crippen LogP contribution in [0.15, 0.2) is 6.20 Å². The Labute approximate surface area is 139 Å². The molecule has 1 aromatic rings. The molecule has 0 amide bonds. The third kappa shape index (κ3) is 19.3. The lowest BCUT2D eigenvalue weighted by atomic mass is 10.1. The molecule has 0 saturated heterocycles. The molecule has 10 heteroatoms. The summed E-state index contributed by atoms with van der Waals surface area (Å²) in [6, 6.07) is 0. The first-order valence-corrected chi connectivity index (χ1v) is 6.43. The predicted octanol–water partition coefficient (Wildman–Crippen LogP) is 0.230. The maximum absolute atomic E-state index is 9.00. The number of rotatable bonds is 2. The average molecular weight is 348 g/mol. The Hall–Kier alpha value is -2.72. The number of aliphatic hydroxyl groups is 2. The third-order valence-electron chi connectivity index (χ3n) is 1.85. The molecular weight excluding hydrogens is 324 g/mol. The van der Waals surface area contributed by atoms with Crippen molar-refractivity contribution in [3.8, 4) is 0 Å². The van der Waals surface area contributed by atoms with Gasteiger partial charge in [0.05, 0.1) is 24.6 Å². The third-order valence-corrected chi connectivity index (χ3v) is 1.85. The molecule has 24 heavy (non-hydrogen) atoms. The minimum absolute atomic E-state index is 0.145. The average Bonchev–Trinajstić information content (AvgIpc) is 2.39. The van der Waals surface area contributed by atoms with Crippen LogP contribution in [0.1, 0.15) is 37.6 Å². The van der Waals surface area contributed by atoms with Gasteiger partial charge in [0.2, 0.25) is 0 Å². The van der Waals surface area contributed by atoms with Crippen LogP contribution in [0.2, 0.25) is 0 Å². The summed E-state index contributed by atoms with van der Waals surface area (Å²) in [6.07, 6.45) is 1.53. The highest BCUT2D eigenvalue weighted by Gasteiger charge is 2.07. The van der Waals surface area contributed by atoms with E-state index in [0.717, 1.165) is 20.8 Å². The number of carboxylic acid groups (broad SMARTS) is 3. The maximum atomic E-state index is 9.00. The molecule has 0 aliphatic heterocycles. The van der Waals surface area contributed by atoms with Gasteiger partial charge in [-0.25, -0.2) is 0 Å². The van der Waals surface area contributed by atoms with E-state index in [0.29, 0.717) is 22.5 Å². The minimum atomic E-state index is -0.833. The molecule has 1 rings (SSSR count). The van der Waals surface area contributed by atoms with E-state index >= 15 is 0 Å². The summed E-state index contributed by atoms with van der Waals surface area (Å²) in [7, 11) is 0. The number of nitrogen functional groups attached to an aromatic ring is 1. The van der Waals surface area contributed by atoms with Crippen molar-refractivity contribution in [2.45, 2.75) is 40.9 Å². The Kier molecular flexibility index (Phi) is 16.6. The van der Waals surface area contributed by atoms with E-state index in [2.05, 4.69) is 4.98 Å². The van der Waals surface area contributed by atoms with E-state index in [-0.39, 0.29) is 13.2 Å². The topological polar surface area (TPSA) is 191 Å². The smallest absolute Gasteiger partial charge is 0.300 e. The van der Waals surface area contributed by atoms with E-state index in [1.165, 1.54) is 6.20 Å². The van der Waals surface area contributed by atoms with Crippen LogP contribution < -0.4 is 5.73 Å². The highest BCUT2D eigenvalue weighted by Crippen LogP contribution is 2.18. The van der Waals surface area contributed by atoms with Crippen molar-refractivity contribution in [2.75, 3.05) is 5.73 Å². The van der Waals surface area contributed by atoms with Gasteiger partial charge in [-0.1, -0.05) is 0 Å². The second kappa shape index (κ2) is 15.2. The van der Waals surface area contributed by atoms with Crippen LogP contribution in [0.25, 0.3) is 0 Å². The molecule has 10 nitrogen and oxygen atoms in total. The molecule has 7 N–H and O–H groups in total. The highest BCUT2D eigenvalue weighted by atomic mass is 16.4. The zero-order valence-electron chi connectivity index (χ0n) is 14.0. The van der Waals surface area contributed by atoms with Gasteiger partial charge in [0.1, 0.15) is 0 Å². The van der Waals surface area contributed by atoms with Gasteiger partial charge in [0, 0.05) is 38.1 Å². The summed E-state index contributed by atoms with van der Waals surface area (Å²) >= 11 is 0. The highest BCUT2D eigenvalue weighted by molar-refractivity contribution is 5.63. The van der Waals surface area contributed by atoms with Crippen LogP contribution in [-0.4, -0.2) is 48.4 Å². The molecular formula is C14H24N2O8. The fourth-order valence-electron chi connectivity index (χ4n) is 1.04. The summed E-state index contributed by atoms with van der Waals surface area (Å²) in [6.45, 7) is 4.70. The van der Waals surface area contributed by atoms with Gasteiger partial charge in [-0.15, -0.1) is 0 Å². The van der Waals surface area contributed by atoms with Crippen LogP contribution in [0.4, 0.5) is 5.69 Å².